The van der Waals surface area contributed by atoms with Gasteiger partial charge in [0.05, 0.1) is 12.9 Å². The third-order valence-corrected chi connectivity index (χ3v) is 6.19. The number of nitrogens with one attached hydrogen (secondary N) is 2. The maximum atomic E-state index is 14.6. The zero-order valence-corrected chi connectivity index (χ0v) is 20.6. The van der Waals surface area contributed by atoms with Crippen LogP contribution in [0.3, 0.4) is 0 Å². The van der Waals surface area contributed by atoms with Gasteiger partial charge in [0.1, 0.15) is 11.3 Å². The summed E-state index contributed by atoms with van der Waals surface area (Å²) in [6.07, 6.45) is -11.2. The SMILES string of the molecule is CS(=O)(=O)NC(=O)C1=C(c2ccccc2)C[C@](c2ccc(OCCCC(F)(F)F)cc2)(C(F)(F)F)NC1=O. The molecule has 1 aliphatic rings. The van der Waals surface area contributed by atoms with E-state index in [0.29, 0.717) is 6.26 Å². The lowest BCUT2D eigenvalue weighted by Crippen LogP contribution is -2.59. The molecule has 2 amide bonds. The Morgan fingerprint density at radius 1 is 1.03 bits per heavy atom. The highest BCUT2D eigenvalue weighted by atomic mass is 32.2. The Bertz CT molecular complexity index is 1320. The van der Waals surface area contributed by atoms with E-state index in [2.05, 4.69) is 0 Å². The molecule has 7 nitrogen and oxygen atoms in total. The third kappa shape index (κ3) is 6.85. The molecule has 1 atom stereocenters. The molecule has 0 aliphatic carbocycles. The van der Waals surface area contributed by atoms with E-state index in [1.165, 1.54) is 24.3 Å². The molecule has 0 saturated carbocycles. The molecule has 0 saturated heterocycles. The molecule has 3 rings (SSSR count). The topological polar surface area (TPSA) is 102 Å². The van der Waals surface area contributed by atoms with Crippen molar-refractivity contribution >= 4 is 27.4 Å². The lowest BCUT2D eigenvalue weighted by molar-refractivity contribution is -0.201. The molecule has 2 N–H and O–H groups in total. The van der Waals surface area contributed by atoms with Crippen LogP contribution >= 0.6 is 0 Å². The van der Waals surface area contributed by atoms with Crippen molar-refractivity contribution in [3.8, 4) is 5.75 Å². The number of sulfonamides is 1. The summed E-state index contributed by atoms with van der Waals surface area (Å²) < 4.78 is 111. The highest BCUT2D eigenvalue weighted by molar-refractivity contribution is 7.89. The zero-order chi connectivity index (χ0) is 28.4. The fraction of sp³-hybridized carbons (Fsp3) is 0.333. The van der Waals surface area contributed by atoms with Crippen LogP contribution in [-0.2, 0) is 25.2 Å². The number of amides is 2. The van der Waals surface area contributed by atoms with Crippen LogP contribution in [0, 0.1) is 0 Å². The minimum atomic E-state index is -5.09. The first-order chi connectivity index (χ1) is 17.5. The predicted octanol–water partition coefficient (Wildman–Crippen LogP) is 4.22. The largest absolute Gasteiger partial charge is 0.494 e. The Morgan fingerprint density at radius 2 is 1.63 bits per heavy atom. The molecule has 0 unspecified atom stereocenters. The zero-order valence-electron chi connectivity index (χ0n) is 19.7. The van der Waals surface area contributed by atoms with Crippen molar-refractivity contribution in [2.45, 2.75) is 37.2 Å². The van der Waals surface area contributed by atoms with Crippen LogP contribution in [-0.4, -0.2) is 45.4 Å². The minimum absolute atomic E-state index is 0.0161. The number of carbonyl (C=O) groups excluding carboxylic acids is 2. The average Bonchev–Trinajstić information content (AvgIpc) is 2.79. The fourth-order valence-corrected chi connectivity index (χ4v) is 4.38. The molecule has 14 heteroatoms. The quantitative estimate of drug-likeness (QED) is 0.284. The molecule has 2 aromatic carbocycles. The fourth-order valence-electron chi connectivity index (χ4n) is 3.94. The van der Waals surface area contributed by atoms with Crippen molar-refractivity contribution in [2.75, 3.05) is 12.9 Å². The van der Waals surface area contributed by atoms with E-state index in [-0.39, 0.29) is 29.9 Å². The predicted molar refractivity (Wildman–Crippen MR) is 124 cm³/mol. The van der Waals surface area contributed by atoms with Gasteiger partial charge in [-0.05, 0) is 35.3 Å². The maximum absolute atomic E-state index is 14.6. The van der Waals surface area contributed by atoms with Gasteiger partial charge in [0.15, 0.2) is 5.54 Å². The highest BCUT2D eigenvalue weighted by Crippen LogP contribution is 2.48. The van der Waals surface area contributed by atoms with E-state index in [1.54, 1.807) is 10.8 Å². The molecule has 0 fully saturated rings. The Balaban J connectivity index is 2.02. The number of halogens is 6. The second kappa shape index (κ2) is 10.7. The molecule has 2 aromatic rings. The smallest absolute Gasteiger partial charge is 0.416 e. The molecule has 38 heavy (non-hydrogen) atoms. The van der Waals surface area contributed by atoms with E-state index in [0.717, 1.165) is 24.3 Å². The van der Waals surface area contributed by atoms with Gasteiger partial charge in [-0.1, -0.05) is 42.5 Å². The molecule has 0 spiro atoms. The first-order valence-corrected chi connectivity index (χ1v) is 12.9. The summed E-state index contributed by atoms with van der Waals surface area (Å²) in [7, 11) is -4.15. The van der Waals surface area contributed by atoms with E-state index < -0.39 is 63.7 Å². The maximum Gasteiger partial charge on any atom is 0.416 e. The Kier molecular flexibility index (Phi) is 8.15. The molecule has 206 valence electrons. The Hall–Kier alpha value is -3.55. The molecule has 0 aromatic heterocycles. The van der Waals surface area contributed by atoms with Crippen molar-refractivity contribution in [1.82, 2.24) is 10.0 Å². The summed E-state index contributed by atoms with van der Waals surface area (Å²) in [5.41, 5.74) is -4.47. The first-order valence-electron chi connectivity index (χ1n) is 11.0. The van der Waals surface area contributed by atoms with Gasteiger partial charge < -0.3 is 10.1 Å². The summed E-state index contributed by atoms with van der Waals surface area (Å²) >= 11 is 0. The van der Waals surface area contributed by atoms with Gasteiger partial charge in [-0.2, -0.15) is 26.3 Å². The number of ether oxygens (including phenoxy) is 1. The normalized spacial score (nSPS) is 18.7. The number of hydrogen-bond donors (Lipinski definition) is 2. The average molecular weight is 565 g/mol. The lowest BCUT2D eigenvalue weighted by atomic mass is 9.76. The third-order valence-electron chi connectivity index (χ3n) is 5.63. The molecule has 0 bridgehead atoms. The number of rotatable bonds is 8. The van der Waals surface area contributed by atoms with Gasteiger partial charge in [-0.3, -0.25) is 9.59 Å². The van der Waals surface area contributed by atoms with Crippen LogP contribution in [0.5, 0.6) is 5.75 Å². The van der Waals surface area contributed by atoms with Crippen LogP contribution in [0.2, 0.25) is 0 Å². The van der Waals surface area contributed by atoms with Crippen LogP contribution in [0.4, 0.5) is 26.3 Å². The number of alkyl halides is 6. The van der Waals surface area contributed by atoms with Gasteiger partial charge in [0, 0.05) is 12.8 Å². The van der Waals surface area contributed by atoms with E-state index >= 15 is 0 Å². The number of carbonyl (C=O) groups is 2. The van der Waals surface area contributed by atoms with Gasteiger partial charge in [0.2, 0.25) is 10.0 Å². The van der Waals surface area contributed by atoms with Gasteiger partial charge >= 0.3 is 12.4 Å². The summed E-state index contributed by atoms with van der Waals surface area (Å²) in [5, 5.41) is 1.85. The summed E-state index contributed by atoms with van der Waals surface area (Å²) in [5.74, 6) is -2.81. The molecule has 1 aliphatic heterocycles. The Labute approximate surface area is 213 Å². The number of hydrogen-bond acceptors (Lipinski definition) is 5. The van der Waals surface area contributed by atoms with Crippen molar-refractivity contribution < 1.29 is 49.1 Å². The summed E-state index contributed by atoms with van der Waals surface area (Å²) in [6.45, 7) is -0.320. The van der Waals surface area contributed by atoms with Crippen molar-refractivity contribution in [3.63, 3.8) is 0 Å². The van der Waals surface area contributed by atoms with Crippen LogP contribution in [0.15, 0.2) is 60.2 Å². The number of benzene rings is 2. The second-order valence-electron chi connectivity index (χ2n) is 8.55. The van der Waals surface area contributed by atoms with Crippen molar-refractivity contribution in [1.29, 1.82) is 0 Å². The first kappa shape index (κ1) is 29.0. The molecular formula is C24H22F6N2O5S. The van der Waals surface area contributed by atoms with Crippen molar-refractivity contribution in [2.24, 2.45) is 0 Å². The van der Waals surface area contributed by atoms with Crippen LogP contribution < -0.4 is 14.8 Å². The van der Waals surface area contributed by atoms with E-state index in [4.69, 9.17) is 4.74 Å². The lowest BCUT2D eigenvalue weighted by Gasteiger charge is -2.41. The second-order valence-corrected chi connectivity index (χ2v) is 10.3. The molecule has 1 heterocycles. The molecular weight excluding hydrogens is 542 g/mol. The standard InChI is InChI=1S/C24H22F6N2O5S/c1-38(35,36)32-21(34)19-18(15-6-3-2-4-7-15)14-22(24(28,29)30,31-20(19)33)16-8-10-17(11-9-16)37-13-5-12-23(25,26)27/h2-4,6-11H,5,12-14H2,1H3,(H,31,33)(H,32,34)/t22-/m0/s1. The van der Waals surface area contributed by atoms with Gasteiger partial charge in [0.25, 0.3) is 11.8 Å². The van der Waals surface area contributed by atoms with Crippen LogP contribution in [0.25, 0.3) is 5.57 Å². The minimum Gasteiger partial charge on any atom is -0.494 e. The Morgan fingerprint density at radius 3 is 2.16 bits per heavy atom. The summed E-state index contributed by atoms with van der Waals surface area (Å²) in [6, 6.07) is 11.5. The monoisotopic (exact) mass is 564 g/mol. The summed E-state index contributed by atoms with van der Waals surface area (Å²) in [4.78, 5) is 25.7. The highest BCUT2D eigenvalue weighted by Gasteiger charge is 2.60. The van der Waals surface area contributed by atoms with E-state index in [9.17, 15) is 44.3 Å². The van der Waals surface area contributed by atoms with Gasteiger partial charge in [-0.25, -0.2) is 13.1 Å². The van der Waals surface area contributed by atoms with Gasteiger partial charge in [-0.15, -0.1) is 0 Å². The molecule has 0 radical (unpaired) electrons. The van der Waals surface area contributed by atoms with Crippen molar-refractivity contribution in [3.05, 3.63) is 71.3 Å². The van der Waals surface area contributed by atoms with E-state index in [1.807, 2.05) is 5.32 Å². The van der Waals surface area contributed by atoms with Crippen LogP contribution in [0.1, 0.15) is 30.4 Å².